The second-order valence-electron chi connectivity index (χ2n) is 5.11. The lowest BCUT2D eigenvalue weighted by Gasteiger charge is -2.38. The van der Waals surface area contributed by atoms with Crippen LogP contribution in [0.3, 0.4) is 0 Å². The summed E-state index contributed by atoms with van der Waals surface area (Å²) in [5.74, 6) is 1.65. The molecule has 0 unspecified atom stereocenters. The Balaban J connectivity index is 2.18. The van der Waals surface area contributed by atoms with E-state index in [4.69, 9.17) is 9.47 Å². The quantitative estimate of drug-likeness (QED) is 0.900. The number of para-hydroxylation sites is 1. The van der Waals surface area contributed by atoms with Crippen LogP contribution >= 0.6 is 0 Å². The van der Waals surface area contributed by atoms with Crippen LogP contribution in [0.25, 0.3) is 0 Å². The van der Waals surface area contributed by atoms with Gasteiger partial charge in [-0.3, -0.25) is 4.90 Å². The fourth-order valence-electron chi connectivity index (χ4n) is 2.65. The highest BCUT2D eigenvalue weighted by Gasteiger charge is 2.25. The van der Waals surface area contributed by atoms with Crippen molar-refractivity contribution in [2.45, 2.75) is 32.5 Å². The first-order valence-electron chi connectivity index (χ1n) is 6.84. The normalized spacial score (nSPS) is 24.2. The molecule has 1 aromatic rings. The van der Waals surface area contributed by atoms with E-state index in [9.17, 15) is 0 Å². The summed E-state index contributed by atoms with van der Waals surface area (Å²) in [6.07, 6.45) is 0. The smallest absolute Gasteiger partial charge is 0.165 e. The molecule has 0 aromatic heterocycles. The summed E-state index contributed by atoms with van der Waals surface area (Å²) in [6.45, 7) is 7.50. The highest BCUT2D eigenvalue weighted by atomic mass is 16.5. The van der Waals surface area contributed by atoms with Gasteiger partial charge in [0.05, 0.1) is 14.2 Å². The Morgan fingerprint density at radius 3 is 2.74 bits per heavy atom. The van der Waals surface area contributed by atoms with Crippen molar-refractivity contribution in [1.82, 2.24) is 10.2 Å². The molecule has 106 valence electrons. The van der Waals surface area contributed by atoms with Gasteiger partial charge in [0.2, 0.25) is 0 Å². The van der Waals surface area contributed by atoms with E-state index < -0.39 is 0 Å². The third-order valence-electron chi connectivity index (χ3n) is 4.02. The Hall–Kier alpha value is -1.26. The van der Waals surface area contributed by atoms with Gasteiger partial charge in [-0.1, -0.05) is 12.1 Å². The third-order valence-corrected chi connectivity index (χ3v) is 4.02. The molecule has 1 aliphatic rings. The standard InChI is InChI=1S/C15H24N2O2/c1-11-12(2)17(9-8-16-11)10-13-6-5-7-14(18-3)15(13)19-4/h5-7,11-12,16H,8-10H2,1-4H3/t11-,12+/m1/s1. The first-order valence-corrected chi connectivity index (χ1v) is 6.84. The summed E-state index contributed by atoms with van der Waals surface area (Å²) in [5, 5.41) is 3.50. The predicted molar refractivity (Wildman–Crippen MR) is 76.9 cm³/mol. The number of hydrogen-bond donors (Lipinski definition) is 1. The summed E-state index contributed by atoms with van der Waals surface area (Å²) in [4.78, 5) is 2.48. The van der Waals surface area contributed by atoms with Crippen LogP contribution in [0.2, 0.25) is 0 Å². The second-order valence-corrected chi connectivity index (χ2v) is 5.11. The molecule has 1 N–H and O–H groups in total. The molecule has 2 rings (SSSR count). The van der Waals surface area contributed by atoms with Crippen molar-refractivity contribution < 1.29 is 9.47 Å². The van der Waals surface area contributed by atoms with Crippen LogP contribution in [0.1, 0.15) is 19.4 Å². The van der Waals surface area contributed by atoms with Crippen molar-refractivity contribution in [3.8, 4) is 11.5 Å². The molecule has 4 nitrogen and oxygen atoms in total. The zero-order chi connectivity index (χ0) is 13.8. The van der Waals surface area contributed by atoms with E-state index in [1.165, 1.54) is 5.56 Å². The number of methoxy groups -OCH3 is 2. The van der Waals surface area contributed by atoms with Crippen LogP contribution in [0, 0.1) is 0 Å². The lowest BCUT2D eigenvalue weighted by molar-refractivity contribution is 0.129. The fraction of sp³-hybridized carbons (Fsp3) is 0.600. The summed E-state index contributed by atoms with van der Waals surface area (Å²) >= 11 is 0. The summed E-state index contributed by atoms with van der Waals surface area (Å²) in [6, 6.07) is 7.11. The first-order chi connectivity index (χ1) is 9.17. The molecule has 0 spiro atoms. The van der Waals surface area contributed by atoms with E-state index in [1.807, 2.05) is 12.1 Å². The molecular formula is C15H24N2O2. The van der Waals surface area contributed by atoms with E-state index in [0.717, 1.165) is 31.1 Å². The number of ether oxygens (including phenoxy) is 2. The van der Waals surface area contributed by atoms with Crippen molar-refractivity contribution in [2.75, 3.05) is 27.3 Å². The minimum absolute atomic E-state index is 0.518. The van der Waals surface area contributed by atoms with Gasteiger partial charge in [0.15, 0.2) is 11.5 Å². The van der Waals surface area contributed by atoms with Crippen molar-refractivity contribution >= 4 is 0 Å². The van der Waals surface area contributed by atoms with Gasteiger partial charge in [0.1, 0.15) is 0 Å². The zero-order valence-electron chi connectivity index (χ0n) is 12.3. The molecule has 1 fully saturated rings. The molecule has 0 radical (unpaired) electrons. The number of rotatable bonds is 4. The summed E-state index contributed by atoms with van der Waals surface area (Å²) in [5.41, 5.74) is 1.18. The molecule has 0 aliphatic carbocycles. The Bertz CT molecular complexity index is 423. The van der Waals surface area contributed by atoms with E-state index in [-0.39, 0.29) is 0 Å². The van der Waals surface area contributed by atoms with E-state index >= 15 is 0 Å². The molecule has 1 aromatic carbocycles. The van der Waals surface area contributed by atoms with E-state index in [1.54, 1.807) is 14.2 Å². The maximum absolute atomic E-state index is 5.50. The van der Waals surface area contributed by atoms with Gasteiger partial charge in [-0.05, 0) is 19.9 Å². The highest BCUT2D eigenvalue weighted by Crippen LogP contribution is 2.32. The molecule has 4 heteroatoms. The van der Waals surface area contributed by atoms with Gasteiger partial charge in [-0.15, -0.1) is 0 Å². The summed E-state index contributed by atoms with van der Waals surface area (Å²) in [7, 11) is 3.38. The SMILES string of the molecule is COc1cccc(CN2CCN[C@H](C)[C@@H]2C)c1OC. The number of hydrogen-bond acceptors (Lipinski definition) is 4. The van der Waals surface area contributed by atoms with Crippen LogP contribution in [0.15, 0.2) is 18.2 Å². The molecule has 19 heavy (non-hydrogen) atoms. The van der Waals surface area contributed by atoms with Gasteiger partial charge in [0.25, 0.3) is 0 Å². The van der Waals surface area contributed by atoms with Gasteiger partial charge >= 0.3 is 0 Å². The number of benzene rings is 1. The Morgan fingerprint density at radius 2 is 2.05 bits per heavy atom. The van der Waals surface area contributed by atoms with Crippen LogP contribution in [0.5, 0.6) is 11.5 Å². The van der Waals surface area contributed by atoms with Gasteiger partial charge in [0, 0.05) is 37.3 Å². The highest BCUT2D eigenvalue weighted by molar-refractivity contribution is 5.46. The van der Waals surface area contributed by atoms with Gasteiger partial charge in [-0.25, -0.2) is 0 Å². The minimum atomic E-state index is 0.518. The van der Waals surface area contributed by atoms with Crippen molar-refractivity contribution in [3.05, 3.63) is 23.8 Å². The van der Waals surface area contributed by atoms with E-state index in [2.05, 4.69) is 30.1 Å². The lowest BCUT2D eigenvalue weighted by atomic mass is 10.1. The molecule has 0 bridgehead atoms. The maximum atomic E-state index is 5.50. The second kappa shape index (κ2) is 6.26. The van der Waals surface area contributed by atoms with Crippen LogP contribution in [0.4, 0.5) is 0 Å². The topological polar surface area (TPSA) is 33.7 Å². The molecule has 1 aliphatic heterocycles. The Kier molecular flexibility index (Phi) is 4.66. The summed E-state index contributed by atoms with van der Waals surface area (Å²) < 4.78 is 10.9. The predicted octanol–water partition coefficient (Wildman–Crippen LogP) is 1.89. The van der Waals surface area contributed by atoms with Gasteiger partial charge in [-0.2, -0.15) is 0 Å². The zero-order valence-corrected chi connectivity index (χ0v) is 12.3. The van der Waals surface area contributed by atoms with Crippen molar-refractivity contribution in [2.24, 2.45) is 0 Å². The average Bonchev–Trinajstić information content (AvgIpc) is 2.43. The molecule has 1 saturated heterocycles. The van der Waals surface area contributed by atoms with Crippen LogP contribution in [-0.4, -0.2) is 44.3 Å². The monoisotopic (exact) mass is 264 g/mol. The first kappa shape index (κ1) is 14.2. The number of nitrogens with one attached hydrogen (secondary N) is 1. The lowest BCUT2D eigenvalue weighted by Crippen LogP contribution is -2.54. The minimum Gasteiger partial charge on any atom is -0.493 e. The molecule has 0 amide bonds. The Labute approximate surface area is 115 Å². The Morgan fingerprint density at radius 1 is 1.26 bits per heavy atom. The maximum Gasteiger partial charge on any atom is 0.165 e. The molecule has 0 saturated carbocycles. The largest absolute Gasteiger partial charge is 0.493 e. The van der Waals surface area contributed by atoms with Crippen LogP contribution < -0.4 is 14.8 Å². The third kappa shape index (κ3) is 3.01. The fourth-order valence-corrected chi connectivity index (χ4v) is 2.65. The number of piperazine rings is 1. The van der Waals surface area contributed by atoms with Gasteiger partial charge < -0.3 is 14.8 Å². The number of nitrogens with zero attached hydrogens (tertiary/aromatic N) is 1. The van der Waals surface area contributed by atoms with E-state index in [0.29, 0.717) is 12.1 Å². The van der Waals surface area contributed by atoms with Crippen molar-refractivity contribution in [3.63, 3.8) is 0 Å². The molecule has 1 heterocycles. The van der Waals surface area contributed by atoms with Crippen molar-refractivity contribution in [1.29, 1.82) is 0 Å². The molecular weight excluding hydrogens is 240 g/mol. The molecule has 2 atom stereocenters. The van der Waals surface area contributed by atoms with Crippen LogP contribution in [-0.2, 0) is 6.54 Å². The average molecular weight is 264 g/mol.